The van der Waals surface area contributed by atoms with Crippen LogP contribution in [0.3, 0.4) is 0 Å². The monoisotopic (exact) mass is 227 g/mol. The second kappa shape index (κ2) is 4.91. The van der Waals surface area contributed by atoms with Gasteiger partial charge in [0.05, 0.1) is 7.11 Å². The molecule has 0 fully saturated rings. The van der Waals surface area contributed by atoms with Crippen LogP contribution in [0.15, 0.2) is 12.1 Å². The predicted molar refractivity (Wildman–Crippen MR) is 53.6 cm³/mol. The molecule has 0 spiro atoms. The van der Waals surface area contributed by atoms with Gasteiger partial charge in [0.25, 0.3) is 0 Å². The molecule has 1 aromatic heterocycles. The van der Waals surface area contributed by atoms with Crippen LogP contribution in [0.2, 0.25) is 0 Å². The molecule has 0 radical (unpaired) electrons. The highest BCUT2D eigenvalue weighted by Gasteiger charge is 2.29. The van der Waals surface area contributed by atoms with Gasteiger partial charge >= 0.3 is 5.97 Å². The van der Waals surface area contributed by atoms with E-state index in [2.05, 4.69) is 9.72 Å². The number of aromatic hydroxyl groups is 1. The molecule has 0 saturated carbocycles. The summed E-state index contributed by atoms with van der Waals surface area (Å²) in [5.74, 6) is -1.28. The van der Waals surface area contributed by atoms with E-state index in [4.69, 9.17) is 0 Å². The number of esters is 1. The zero-order chi connectivity index (χ0) is 12.3. The van der Waals surface area contributed by atoms with Crippen molar-refractivity contribution in [3.63, 3.8) is 0 Å². The molecular formula is C10H13NO5. The van der Waals surface area contributed by atoms with Gasteiger partial charge in [-0.2, -0.15) is 0 Å². The van der Waals surface area contributed by atoms with Gasteiger partial charge in [-0.1, -0.05) is 0 Å². The third-order valence-corrected chi connectivity index (χ3v) is 2.06. The molecule has 2 atom stereocenters. The Labute approximate surface area is 92.1 Å². The number of nitrogens with zero attached hydrogens (tertiary/aromatic N) is 1. The van der Waals surface area contributed by atoms with Crippen molar-refractivity contribution in [2.24, 2.45) is 0 Å². The number of aromatic nitrogens is 1. The lowest BCUT2D eigenvalue weighted by molar-refractivity contribution is -0.157. The Kier molecular flexibility index (Phi) is 3.81. The minimum absolute atomic E-state index is 0.155. The van der Waals surface area contributed by atoms with E-state index in [1.54, 1.807) is 6.92 Å². The van der Waals surface area contributed by atoms with Gasteiger partial charge in [0.1, 0.15) is 17.5 Å². The van der Waals surface area contributed by atoms with Crippen LogP contribution in [-0.2, 0) is 9.53 Å². The lowest BCUT2D eigenvalue weighted by Gasteiger charge is -2.16. The minimum Gasteiger partial charge on any atom is -0.506 e. The Morgan fingerprint density at radius 3 is 2.62 bits per heavy atom. The van der Waals surface area contributed by atoms with Crippen molar-refractivity contribution in [1.29, 1.82) is 0 Å². The third kappa shape index (κ3) is 2.47. The molecule has 0 saturated heterocycles. The van der Waals surface area contributed by atoms with Gasteiger partial charge in [0.15, 0.2) is 6.10 Å². The molecule has 0 aliphatic heterocycles. The SMILES string of the molecule is COC(=O)C(O)C(O)c1nc(C)ccc1O. The summed E-state index contributed by atoms with van der Waals surface area (Å²) in [4.78, 5) is 14.8. The van der Waals surface area contributed by atoms with E-state index < -0.39 is 18.2 Å². The topological polar surface area (TPSA) is 99.9 Å². The van der Waals surface area contributed by atoms with Crippen LogP contribution < -0.4 is 0 Å². The minimum atomic E-state index is -1.77. The zero-order valence-corrected chi connectivity index (χ0v) is 8.91. The Hall–Kier alpha value is -1.66. The van der Waals surface area contributed by atoms with Gasteiger partial charge in [0, 0.05) is 5.69 Å². The van der Waals surface area contributed by atoms with E-state index in [0.717, 1.165) is 7.11 Å². The highest BCUT2D eigenvalue weighted by Crippen LogP contribution is 2.24. The van der Waals surface area contributed by atoms with Gasteiger partial charge in [-0.15, -0.1) is 0 Å². The summed E-state index contributed by atoms with van der Waals surface area (Å²) in [6.45, 7) is 1.65. The maximum Gasteiger partial charge on any atom is 0.337 e. The summed E-state index contributed by atoms with van der Waals surface area (Å²) in [6.07, 6.45) is -3.39. The lowest BCUT2D eigenvalue weighted by Crippen LogP contribution is -2.29. The first-order valence-corrected chi connectivity index (χ1v) is 4.58. The largest absolute Gasteiger partial charge is 0.506 e. The Balaban J connectivity index is 2.99. The standard InChI is InChI=1S/C10H13NO5/c1-5-3-4-6(12)7(11-5)8(13)9(14)10(15)16-2/h3-4,8-9,12-14H,1-2H3. The summed E-state index contributed by atoms with van der Waals surface area (Å²) in [6, 6.07) is 2.86. The van der Waals surface area contributed by atoms with E-state index in [-0.39, 0.29) is 11.4 Å². The number of carbonyl (C=O) groups excluding carboxylic acids is 1. The summed E-state index contributed by atoms with van der Waals surface area (Å²) < 4.78 is 4.27. The van der Waals surface area contributed by atoms with Crippen LogP contribution in [0.5, 0.6) is 5.75 Å². The summed E-state index contributed by atoms with van der Waals surface area (Å²) >= 11 is 0. The van der Waals surface area contributed by atoms with Crippen LogP contribution in [0.25, 0.3) is 0 Å². The molecule has 3 N–H and O–H groups in total. The van der Waals surface area contributed by atoms with Crippen LogP contribution >= 0.6 is 0 Å². The molecule has 6 heteroatoms. The normalized spacial score (nSPS) is 14.2. The lowest BCUT2D eigenvalue weighted by atomic mass is 10.1. The molecular weight excluding hydrogens is 214 g/mol. The number of methoxy groups -OCH3 is 1. The van der Waals surface area contributed by atoms with E-state index in [9.17, 15) is 20.1 Å². The number of aliphatic hydroxyl groups is 2. The van der Waals surface area contributed by atoms with Crippen LogP contribution in [0, 0.1) is 6.92 Å². The number of hydrogen-bond donors (Lipinski definition) is 3. The molecule has 16 heavy (non-hydrogen) atoms. The molecule has 6 nitrogen and oxygen atoms in total. The van der Waals surface area contributed by atoms with E-state index >= 15 is 0 Å². The predicted octanol–water partition coefficient (Wildman–Crippen LogP) is -0.337. The number of carbonyl (C=O) groups is 1. The van der Waals surface area contributed by atoms with Crippen molar-refractivity contribution in [2.75, 3.05) is 7.11 Å². The van der Waals surface area contributed by atoms with Gasteiger partial charge in [-0.3, -0.25) is 4.98 Å². The van der Waals surface area contributed by atoms with Gasteiger partial charge in [-0.25, -0.2) is 4.79 Å². The Morgan fingerprint density at radius 1 is 1.44 bits per heavy atom. The highest BCUT2D eigenvalue weighted by atomic mass is 16.5. The van der Waals surface area contributed by atoms with Crippen molar-refractivity contribution in [2.45, 2.75) is 19.1 Å². The van der Waals surface area contributed by atoms with Crippen LogP contribution in [0.4, 0.5) is 0 Å². The molecule has 88 valence electrons. The number of pyridine rings is 1. The molecule has 1 heterocycles. The highest BCUT2D eigenvalue weighted by molar-refractivity contribution is 5.75. The second-order valence-corrected chi connectivity index (χ2v) is 3.27. The molecule has 0 aliphatic rings. The molecule has 0 bridgehead atoms. The summed E-state index contributed by atoms with van der Waals surface area (Å²) in [7, 11) is 1.09. The smallest absolute Gasteiger partial charge is 0.337 e. The molecule has 0 aliphatic carbocycles. The molecule has 1 aromatic rings. The molecule has 0 amide bonds. The first-order valence-electron chi connectivity index (χ1n) is 4.58. The van der Waals surface area contributed by atoms with E-state index in [0.29, 0.717) is 5.69 Å². The quantitative estimate of drug-likeness (QED) is 0.611. The zero-order valence-electron chi connectivity index (χ0n) is 8.91. The second-order valence-electron chi connectivity index (χ2n) is 3.27. The van der Waals surface area contributed by atoms with Gasteiger partial charge in [-0.05, 0) is 19.1 Å². The Morgan fingerprint density at radius 2 is 2.06 bits per heavy atom. The van der Waals surface area contributed by atoms with Crippen molar-refractivity contribution in [3.8, 4) is 5.75 Å². The third-order valence-electron chi connectivity index (χ3n) is 2.06. The van der Waals surface area contributed by atoms with Crippen molar-refractivity contribution < 1.29 is 24.9 Å². The van der Waals surface area contributed by atoms with Crippen molar-refractivity contribution in [3.05, 3.63) is 23.5 Å². The average molecular weight is 227 g/mol. The fourth-order valence-corrected chi connectivity index (χ4v) is 1.19. The number of aryl methyl sites for hydroxylation is 1. The number of ether oxygens (including phenoxy) is 1. The number of aliphatic hydroxyl groups excluding tert-OH is 2. The average Bonchev–Trinajstić information content (AvgIpc) is 2.29. The maximum absolute atomic E-state index is 11.0. The Bertz CT molecular complexity index is 393. The summed E-state index contributed by atoms with van der Waals surface area (Å²) in [5.41, 5.74) is 0.391. The van der Waals surface area contributed by atoms with Crippen LogP contribution in [-0.4, -0.2) is 39.5 Å². The molecule has 1 rings (SSSR count). The molecule has 2 unspecified atom stereocenters. The van der Waals surface area contributed by atoms with Crippen molar-refractivity contribution >= 4 is 5.97 Å². The maximum atomic E-state index is 11.0. The fraction of sp³-hybridized carbons (Fsp3) is 0.400. The number of rotatable bonds is 3. The van der Waals surface area contributed by atoms with E-state index in [1.165, 1.54) is 12.1 Å². The van der Waals surface area contributed by atoms with Crippen LogP contribution in [0.1, 0.15) is 17.5 Å². The number of hydrogen-bond acceptors (Lipinski definition) is 6. The van der Waals surface area contributed by atoms with E-state index in [1.807, 2.05) is 0 Å². The fourth-order valence-electron chi connectivity index (χ4n) is 1.19. The first-order chi connectivity index (χ1) is 7.47. The van der Waals surface area contributed by atoms with Crippen molar-refractivity contribution in [1.82, 2.24) is 4.98 Å². The van der Waals surface area contributed by atoms with Gasteiger partial charge < -0.3 is 20.1 Å². The van der Waals surface area contributed by atoms with Gasteiger partial charge in [0.2, 0.25) is 0 Å². The summed E-state index contributed by atoms with van der Waals surface area (Å²) in [5, 5.41) is 28.4. The molecule has 0 aromatic carbocycles. The first kappa shape index (κ1) is 12.4.